The summed E-state index contributed by atoms with van der Waals surface area (Å²) in [6.07, 6.45) is 0. The summed E-state index contributed by atoms with van der Waals surface area (Å²) in [6.45, 7) is 2.05. The first-order valence-electron chi connectivity index (χ1n) is 18.7. The van der Waals surface area contributed by atoms with Gasteiger partial charge in [-0.3, -0.25) is 0 Å². The second-order valence-corrected chi connectivity index (χ2v) is 14.4. The highest BCUT2D eigenvalue weighted by Gasteiger charge is 2.23. The van der Waals surface area contributed by atoms with Gasteiger partial charge in [-0.25, -0.2) is 0 Å². The molecule has 8 aromatic carbocycles. The molecule has 0 aliphatic rings. The van der Waals surface area contributed by atoms with Gasteiger partial charge >= 0.3 is 0 Å². The molecule has 5 nitrogen and oxygen atoms in total. The lowest BCUT2D eigenvalue weighted by molar-refractivity contribution is 1.14. The van der Waals surface area contributed by atoms with Gasteiger partial charge in [-0.15, -0.1) is 0 Å². The summed E-state index contributed by atoms with van der Waals surface area (Å²) in [7, 11) is 0. The minimum atomic E-state index is 0.617. The molecule has 260 valence electrons. The second-order valence-electron chi connectivity index (χ2n) is 14.4. The van der Waals surface area contributed by atoms with E-state index in [1.807, 2.05) is 6.07 Å². The Bertz CT molecular complexity index is 3400. The molecule has 0 N–H and O–H groups in total. The van der Waals surface area contributed by atoms with Crippen LogP contribution >= 0.6 is 0 Å². The highest BCUT2D eigenvalue weighted by Crippen LogP contribution is 2.42. The number of nitriles is 2. The Labute approximate surface area is 322 Å². The van der Waals surface area contributed by atoms with Gasteiger partial charge in [0.05, 0.1) is 55.6 Å². The monoisotopic (exact) mass is 713 g/mol. The molecule has 11 aromatic rings. The molecule has 0 saturated carbocycles. The maximum absolute atomic E-state index is 10.6. The van der Waals surface area contributed by atoms with Gasteiger partial charge in [-0.2, -0.15) is 10.5 Å². The fourth-order valence-electron chi connectivity index (χ4n) is 9.11. The van der Waals surface area contributed by atoms with Crippen molar-refractivity contribution < 1.29 is 0 Å². The van der Waals surface area contributed by atoms with E-state index in [0.29, 0.717) is 11.1 Å². The number of hydrogen-bond donors (Lipinski definition) is 0. The molecule has 56 heavy (non-hydrogen) atoms. The fourth-order valence-corrected chi connectivity index (χ4v) is 9.11. The first-order valence-corrected chi connectivity index (χ1v) is 18.7. The molecular weight excluding hydrogens is 683 g/mol. The number of para-hydroxylation sites is 5. The maximum atomic E-state index is 10.6. The van der Waals surface area contributed by atoms with Crippen molar-refractivity contribution in [3.63, 3.8) is 0 Å². The predicted octanol–water partition coefficient (Wildman–Crippen LogP) is 12.7. The van der Waals surface area contributed by atoms with E-state index >= 15 is 0 Å². The largest absolute Gasteiger partial charge is 0.309 e. The summed E-state index contributed by atoms with van der Waals surface area (Å²) in [6, 6.07) is 64.0. The van der Waals surface area contributed by atoms with E-state index in [-0.39, 0.29) is 0 Å². The lowest BCUT2D eigenvalue weighted by atomic mass is 9.95. The third-order valence-corrected chi connectivity index (χ3v) is 11.5. The molecule has 3 heterocycles. The molecule has 0 amide bonds. The molecule has 0 spiro atoms. The standard InChI is InChI=1S/C51H31N5/c1-32-42(31-53)36(27-29-43(32)55-44-17-7-2-12-37(44)38-13-3-8-18-45(38)55)33-22-25-35(26-23-33)54-48-21-11-6-16-41(48)50-49(54)28-24-34(30-52)51(50)56-46-19-9-4-14-39(46)40-15-5-10-20-47(40)56/h2-29H,1H3. The van der Waals surface area contributed by atoms with Crippen LogP contribution in [0.15, 0.2) is 170 Å². The van der Waals surface area contributed by atoms with Crippen LogP contribution in [-0.2, 0) is 0 Å². The summed E-state index contributed by atoms with van der Waals surface area (Å²) >= 11 is 0. The molecule has 0 aliphatic carbocycles. The van der Waals surface area contributed by atoms with Gasteiger partial charge in [0.2, 0.25) is 0 Å². The van der Waals surface area contributed by atoms with Crippen LogP contribution in [-0.4, -0.2) is 13.7 Å². The Kier molecular flexibility index (Phi) is 6.83. The van der Waals surface area contributed by atoms with Gasteiger partial charge < -0.3 is 13.7 Å². The van der Waals surface area contributed by atoms with Gasteiger partial charge in [0.15, 0.2) is 0 Å². The van der Waals surface area contributed by atoms with Gasteiger partial charge in [-0.1, -0.05) is 109 Å². The van der Waals surface area contributed by atoms with Crippen molar-refractivity contribution in [3.8, 4) is 40.3 Å². The Hall–Kier alpha value is -7.86. The zero-order valence-electron chi connectivity index (χ0n) is 30.4. The molecular formula is C51H31N5. The lowest BCUT2D eigenvalue weighted by Crippen LogP contribution is -2.01. The van der Waals surface area contributed by atoms with Crippen LogP contribution in [0.5, 0.6) is 0 Å². The zero-order valence-corrected chi connectivity index (χ0v) is 30.4. The average molecular weight is 714 g/mol. The molecule has 0 fully saturated rings. The van der Waals surface area contributed by atoms with Crippen molar-refractivity contribution in [1.82, 2.24) is 13.7 Å². The number of aromatic nitrogens is 3. The van der Waals surface area contributed by atoms with Crippen molar-refractivity contribution in [2.75, 3.05) is 0 Å². The molecule has 0 atom stereocenters. The van der Waals surface area contributed by atoms with Crippen molar-refractivity contribution in [1.29, 1.82) is 10.5 Å². The molecule has 5 heteroatoms. The quantitative estimate of drug-likeness (QED) is 0.182. The zero-order chi connectivity index (χ0) is 37.5. The summed E-state index contributed by atoms with van der Waals surface area (Å²) in [5.74, 6) is 0. The normalized spacial score (nSPS) is 11.6. The molecule has 0 saturated heterocycles. The highest BCUT2D eigenvalue weighted by molar-refractivity contribution is 6.17. The third-order valence-electron chi connectivity index (χ3n) is 11.5. The minimum Gasteiger partial charge on any atom is -0.309 e. The number of nitrogens with zero attached hydrogens (tertiary/aromatic N) is 5. The predicted molar refractivity (Wildman–Crippen MR) is 229 cm³/mol. The summed E-state index contributed by atoms with van der Waals surface area (Å²) in [5.41, 5.74) is 13.4. The van der Waals surface area contributed by atoms with E-state index in [0.717, 1.165) is 88.4 Å². The molecule has 11 rings (SSSR count). The van der Waals surface area contributed by atoms with Crippen molar-refractivity contribution >= 4 is 65.4 Å². The SMILES string of the molecule is Cc1c(-n2c3ccccc3c3ccccc32)ccc(-c2ccc(-n3c4ccccc4c4c(-n5c6ccccc6c6ccccc65)c(C#N)ccc43)cc2)c1C#N. The van der Waals surface area contributed by atoms with Crippen LogP contribution in [0, 0.1) is 29.6 Å². The van der Waals surface area contributed by atoms with E-state index in [9.17, 15) is 10.5 Å². The van der Waals surface area contributed by atoms with E-state index in [2.05, 4.69) is 197 Å². The molecule has 3 aromatic heterocycles. The van der Waals surface area contributed by atoms with Gasteiger partial charge in [0.25, 0.3) is 0 Å². The smallest absolute Gasteiger partial charge is 0.101 e. The Morgan fingerprint density at radius 2 is 0.893 bits per heavy atom. The second kappa shape index (κ2) is 12.1. The van der Waals surface area contributed by atoms with E-state index in [1.54, 1.807) is 0 Å². The van der Waals surface area contributed by atoms with Crippen LogP contribution in [0.4, 0.5) is 0 Å². The summed E-state index contributed by atoms with van der Waals surface area (Å²) < 4.78 is 6.83. The molecule has 0 aliphatic heterocycles. The first-order chi connectivity index (χ1) is 27.7. The minimum absolute atomic E-state index is 0.617. The topological polar surface area (TPSA) is 62.4 Å². The van der Waals surface area contributed by atoms with Crippen LogP contribution < -0.4 is 0 Å². The van der Waals surface area contributed by atoms with Crippen molar-refractivity contribution in [2.24, 2.45) is 0 Å². The average Bonchev–Trinajstić information content (AvgIpc) is 3.89. The summed E-state index contributed by atoms with van der Waals surface area (Å²) in [5, 5.41) is 28.0. The molecule has 0 unspecified atom stereocenters. The Morgan fingerprint density at radius 3 is 1.41 bits per heavy atom. The van der Waals surface area contributed by atoms with Gasteiger partial charge in [0.1, 0.15) is 12.1 Å². The van der Waals surface area contributed by atoms with E-state index < -0.39 is 0 Å². The first kappa shape index (κ1) is 31.6. The number of hydrogen-bond acceptors (Lipinski definition) is 2. The van der Waals surface area contributed by atoms with Gasteiger partial charge in [0, 0.05) is 38.0 Å². The maximum Gasteiger partial charge on any atom is 0.101 e. The van der Waals surface area contributed by atoms with E-state index in [4.69, 9.17) is 0 Å². The van der Waals surface area contributed by atoms with Crippen LogP contribution in [0.1, 0.15) is 16.7 Å². The third kappa shape index (κ3) is 4.34. The van der Waals surface area contributed by atoms with Crippen LogP contribution in [0.2, 0.25) is 0 Å². The molecule has 0 radical (unpaired) electrons. The number of fused-ring (bicyclic) bond motifs is 9. The van der Waals surface area contributed by atoms with E-state index in [1.165, 1.54) is 10.8 Å². The van der Waals surface area contributed by atoms with Crippen molar-refractivity contribution in [3.05, 3.63) is 187 Å². The van der Waals surface area contributed by atoms with Crippen LogP contribution in [0.25, 0.3) is 93.6 Å². The highest BCUT2D eigenvalue weighted by atomic mass is 15.0. The van der Waals surface area contributed by atoms with Crippen LogP contribution in [0.3, 0.4) is 0 Å². The number of benzene rings is 8. The number of rotatable bonds is 4. The Morgan fingerprint density at radius 1 is 0.411 bits per heavy atom. The molecule has 0 bridgehead atoms. The van der Waals surface area contributed by atoms with Crippen molar-refractivity contribution in [2.45, 2.75) is 6.92 Å². The lowest BCUT2D eigenvalue weighted by Gasteiger charge is -2.16. The Balaban J connectivity index is 1.09. The summed E-state index contributed by atoms with van der Waals surface area (Å²) in [4.78, 5) is 0. The fraction of sp³-hybridized carbons (Fsp3) is 0.0196. The van der Waals surface area contributed by atoms with Gasteiger partial charge in [-0.05, 0) is 84.3 Å².